The molecule has 0 amide bonds. The summed E-state index contributed by atoms with van der Waals surface area (Å²) >= 11 is 0. The standard InChI is InChI=1S/C40H39N/c1-28-11-12-33-26-35(15-13-31(33)24-28)37-18-17-34-25-32(14-16-36(34)27-37)30-19-21-38(22-20-30)41-23-7-3-4-8-29(2)39-9-5-6-10-40(39)41/h4-6,8-10,12-13,15-22,24-29,32H,3,7,11,14,23H2,1-2H3/b8-4-. The van der Waals surface area contributed by atoms with Crippen molar-refractivity contribution in [2.45, 2.75) is 51.4 Å². The number of nitrogens with zero attached hydrogens (tertiary/aromatic N) is 1. The summed E-state index contributed by atoms with van der Waals surface area (Å²) in [5, 5.41) is 5.44. The van der Waals surface area contributed by atoms with Crippen molar-refractivity contribution in [3.8, 4) is 11.1 Å². The maximum Gasteiger partial charge on any atom is 0.0449 e. The smallest absolute Gasteiger partial charge is 0.0449 e. The molecule has 0 saturated heterocycles. The Bertz CT molecular complexity index is 1860. The van der Waals surface area contributed by atoms with E-state index in [2.05, 4.69) is 140 Å². The van der Waals surface area contributed by atoms with Gasteiger partial charge in [-0.1, -0.05) is 105 Å². The summed E-state index contributed by atoms with van der Waals surface area (Å²) < 4.78 is 0. The predicted molar refractivity (Wildman–Crippen MR) is 176 cm³/mol. The highest BCUT2D eigenvalue weighted by Gasteiger charge is 2.18. The molecule has 2 aliphatic carbocycles. The second-order valence-electron chi connectivity index (χ2n) is 12.1. The van der Waals surface area contributed by atoms with Crippen LogP contribution < -0.4 is 25.8 Å². The first-order valence-corrected chi connectivity index (χ1v) is 15.4. The molecule has 0 N–H and O–H groups in total. The molecule has 3 atom stereocenters. The van der Waals surface area contributed by atoms with Gasteiger partial charge in [0.05, 0.1) is 0 Å². The Morgan fingerprint density at radius 2 is 1.39 bits per heavy atom. The van der Waals surface area contributed by atoms with Crippen molar-refractivity contribution in [1.29, 1.82) is 0 Å². The maximum atomic E-state index is 2.52. The zero-order valence-corrected chi connectivity index (χ0v) is 24.3. The summed E-state index contributed by atoms with van der Waals surface area (Å²) in [6.07, 6.45) is 18.9. The van der Waals surface area contributed by atoms with Crippen LogP contribution in [0.1, 0.15) is 62.5 Å². The van der Waals surface area contributed by atoms with Gasteiger partial charge in [0.1, 0.15) is 0 Å². The van der Waals surface area contributed by atoms with Crippen molar-refractivity contribution in [3.63, 3.8) is 0 Å². The average Bonchev–Trinajstić information content (AvgIpc) is 3.09. The summed E-state index contributed by atoms with van der Waals surface area (Å²) in [4.78, 5) is 2.52. The number of rotatable bonds is 3. The molecule has 0 spiro atoms. The highest BCUT2D eigenvalue weighted by Crippen LogP contribution is 2.36. The van der Waals surface area contributed by atoms with Gasteiger partial charge in [-0.15, -0.1) is 0 Å². The third-order valence-electron chi connectivity index (χ3n) is 9.18. The van der Waals surface area contributed by atoms with E-state index in [9.17, 15) is 0 Å². The largest absolute Gasteiger partial charge is 0.341 e. The van der Waals surface area contributed by atoms with Gasteiger partial charge in [0.15, 0.2) is 0 Å². The van der Waals surface area contributed by atoms with Gasteiger partial charge in [0.25, 0.3) is 0 Å². The summed E-state index contributed by atoms with van der Waals surface area (Å²) in [5.74, 6) is 1.46. The van der Waals surface area contributed by atoms with Gasteiger partial charge in [-0.2, -0.15) is 0 Å². The van der Waals surface area contributed by atoms with Crippen LogP contribution in [-0.4, -0.2) is 6.54 Å². The van der Waals surface area contributed by atoms with Gasteiger partial charge in [-0.25, -0.2) is 0 Å². The van der Waals surface area contributed by atoms with E-state index in [0.717, 1.165) is 32.2 Å². The van der Waals surface area contributed by atoms with Crippen LogP contribution >= 0.6 is 0 Å². The van der Waals surface area contributed by atoms with Crippen LogP contribution in [0, 0.1) is 5.92 Å². The molecule has 1 heterocycles. The lowest BCUT2D eigenvalue weighted by Crippen LogP contribution is -2.29. The molecule has 0 bridgehead atoms. The Hall–Kier alpha value is -4.10. The van der Waals surface area contributed by atoms with E-state index >= 15 is 0 Å². The first-order valence-electron chi connectivity index (χ1n) is 15.4. The molecule has 1 nitrogen and oxygen atoms in total. The second kappa shape index (κ2) is 11.1. The van der Waals surface area contributed by atoms with Crippen LogP contribution in [0.25, 0.3) is 35.4 Å². The van der Waals surface area contributed by atoms with Crippen molar-refractivity contribution < 1.29 is 0 Å². The van der Waals surface area contributed by atoms with Gasteiger partial charge in [-0.05, 0) is 105 Å². The number of allylic oxidation sites excluding steroid dienone is 2. The monoisotopic (exact) mass is 533 g/mol. The van der Waals surface area contributed by atoms with Gasteiger partial charge in [0.2, 0.25) is 0 Å². The fraction of sp³-hybridized carbons (Fsp3) is 0.250. The van der Waals surface area contributed by atoms with Crippen LogP contribution in [0.4, 0.5) is 11.4 Å². The second-order valence-corrected chi connectivity index (χ2v) is 12.1. The van der Waals surface area contributed by atoms with E-state index in [1.807, 2.05) is 0 Å². The topological polar surface area (TPSA) is 3.24 Å². The molecule has 3 unspecified atom stereocenters. The Morgan fingerprint density at radius 1 is 0.683 bits per heavy atom. The predicted octanol–water partition coefficient (Wildman–Crippen LogP) is 7.29. The third-order valence-corrected chi connectivity index (χ3v) is 9.18. The molecule has 7 rings (SSSR count). The van der Waals surface area contributed by atoms with E-state index in [0.29, 0.717) is 17.8 Å². The third kappa shape index (κ3) is 5.22. The number of anilines is 2. The molecule has 4 aromatic rings. The minimum absolute atomic E-state index is 0.408. The first-order chi connectivity index (χ1) is 20.1. The molecule has 0 radical (unpaired) electrons. The van der Waals surface area contributed by atoms with E-state index < -0.39 is 0 Å². The molecular formula is C40H39N. The highest BCUT2D eigenvalue weighted by molar-refractivity contribution is 5.69. The Kier molecular flexibility index (Phi) is 6.97. The Balaban J connectivity index is 1.15. The van der Waals surface area contributed by atoms with Gasteiger partial charge in [-0.3, -0.25) is 0 Å². The van der Waals surface area contributed by atoms with E-state index in [-0.39, 0.29) is 0 Å². The number of para-hydroxylation sites is 1. The molecule has 0 fully saturated rings. The molecule has 0 aromatic heterocycles. The molecule has 204 valence electrons. The maximum absolute atomic E-state index is 2.52. The van der Waals surface area contributed by atoms with Crippen LogP contribution in [0.5, 0.6) is 0 Å². The van der Waals surface area contributed by atoms with Crippen molar-refractivity contribution in [3.05, 3.63) is 129 Å². The molecular weight excluding hydrogens is 494 g/mol. The lowest BCUT2D eigenvalue weighted by atomic mass is 9.89. The van der Waals surface area contributed by atoms with Crippen molar-refractivity contribution in [2.75, 3.05) is 11.4 Å². The highest BCUT2D eigenvalue weighted by atomic mass is 15.1. The van der Waals surface area contributed by atoms with Crippen LogP contribution in [0.3, 0.4) is 0 Å². The van der Waals surface area contributed by atoms with E-state index in [1.165, 1.54) is 54.5 Å². The lowest BCUT2D eigenvalue weighted by molar-refractivity contribution is 0.800. The summed E-state index contributed by atoms with van der Waals surface area (Å²) in [7, 11) is 0. The number of fused-ring (bicyclic) bond motifs is 3. The van der Waals surface area contributed by atoms with Crippen LogP contribution in [-0.2, 0) is 0 Å². The zero-order chi connectivity index (χ0) is 27.8. The van der Waals surface area contributed by atoms with E-state index in [4.69, 9.17) is 0 Å². The SMILES string of the molecule is CC1C=c2ccc(-c3ccc4c(c3)=CCC(c3ccc(N5CCC/C=C\C(C)c6ccccc65)cc3)C=4)cc2=CC1. The molecule has 1 aliphatic heterocycles. The normalized spacial score (nSPS) is 22.1. The minimum atomic E-state index is 0.408. The fourth-order valence-electron chi connectivity index (χ4n) is 6.80. The Morgan fingerprint density at radius 3 is 2.17 bits per heavy atom. The van der Waals surface area contributed by atoms with Gasteiger partial charge < -0.3 is 4.90 Å². The molecule has 0 saturated carbocycles. The number of benzene rings is 4. The number of hydrogen-bond acceptors (Lipinski definition) is 1. The summed E-state index contributed by atoms with van der Waals surface area (Å²) in [5.41, 5.74) is 8.04. The molecule has 1 heteroatoms. The van der Waals surface area contributed by atoms with Crippen molar-refractivity contribution >= 4 is 35.7 Å². The van der Waals surface area contributed by atoms with Crippen LogP contribution in [0.2, 0.25) is 0 Å². The van der Waals surface area contributed by atoms with E-state index in [1.54, 1.807) is 0 Å². The van der Waals surface area contributed by atoms with Gasteiger partial charge in [0, 0.05) is 29.8 Å². The fourth-order valence-corrected chi connectivity index (χ4v) is 6.80. The molecule has 3 aliphatic rings. The molecule has 4 aromatic carbocycles. The Labute approximate surface area is 244 Å². The van der Waals surface area contributed by atoms with Crippen molar-refractivity contribution in [1.82, 2.24) is 0 Å². The number of hydrogen-bond donors (Lipinski definition) is 0. The van der Waals surface area contributed by atoms with Crippen molar-refractivity contribution in [2.24, 2.45) is 5.92 Å². The van der Waals surface area contributed by atoms with Gasteiger partial charge >= 0.3 is 0 Å². The minimum Gasteiger partial charge on any atom is -0.341 e. The lowest BCUT2D eigenvalue weighted by Gasteiger charge is -2.28. The van der Waals surface area contributed by atoms with Crippen LogP contribution in [0.15, 0.2) is 97.1 Å². The summed E-state index contributed by atoms with van der Waals surface area (Å²) in [6, 6.07) is 32.2. The molecule has 41 heavy (non-hydrogen) atoms. The first kappa shape index (κ1) is 25.8. The average molecular weight is 534 g/mol. The quantitative estimate of drug-likeness (QED) is 0.250. The summed E-state index contributed by atoms with van der Waals surface area (Å²) in [6.45, 7) is 5.63. The zero-order valence-electron chi connectivity index (χ0n) is 24.3.